The van der Waals surface area contributed by atoms with E-state index in [0.29, 0.717) is 0 Å². The number of nitrogens with one attached hydrogen (secondary N) is 1. The van der Waals surface area contributed by atoms with Crippen LogP contribution < -0.4 is 5.32 Å². The van der Waals surface area contributed by atoms with Crippen molar-refractivity contribution in [3.05, 3.63) is 66.1 Å². The van der Waals surface area contributed by atoms with E-state index >= 15 is 0 Å². The lowest BCUT2D eigenvalue weighted by atomic mass is 10.1. The second kappa shape index (κ2) is 5.79. The molecular weight excluding hydrogens is 260 g/mol. The molecule has 1 aromatic carbocycles. The predicted octanol–water partition coefficient (Wildman–Crippen LogP) is 3.40. The Labute approximate surface area is 124 Å². The molecule has 0 saturated heterocycles. The third-order valence-corrected chi connectivity index (χ3v) is 3.45. The average molecular weight is 278 g/mol. The Morgan fingerprint density at radius 2 is 1.86 bits per heavy atom. The zero-order valence-electron chi connectivity index (χ0n) is 12.2. The molecule has 0 amide bonds. The van der Waals surface area contributed by atoms with Gasteiger partial charge in [-0.1, -0.05) is 30.3 Å². The van der Waals surface area contributed by atoms with Gasteiger partial charge in [-0.2, -0.15) is 5.10 Å². The number of nitrogens with zero attached hydrogens (tertiary/aromatic N) is 3. The quantitative estimate of drug-likeness (QED) is 0.795. The SMILES string of the molecule is Cc1nn(C)cc1CNc1ccc(-c2ccccc2)cn1. The average Bonchev–Trinajstić information content (AvgIpc) is 2.84. The van der Waals surface area contributed by atoms with E-state index in [1.807, 2.05) is 55.3 Å². The summed E-state index contributed by atoms with van der Waals surface area (Å²) >= 11 is 0. The van der Waals surface area contributed by atoms with E-state index in [9.17, 15) is 0 Å². The smallest absolute Gasteiger partial charge is 0.126 e. The van der Waals surface area contributed by atoms with Crippen LogP contribution in [-0.2, 0) is 13.6 Å². The summed E-state index contributed by atoms with van der Waals surface area (Å²) in [5, 5.41) is 7.66. The molecule has 0 aliphatic carbocycles. The van der Waals surface area contributed by atoms with Crippen molar-refractivity contribution in [2.24, 2.45) is 7.05 Å². The summed E-state index contributed by atoms with van der Waals surface area (Å²) in [5.74, 6) is 0.873. The van der Waals surface area contributed by atoms with Gasteiger partial charge < -0.3 is 5.32 Å². The minimum absolute atomic E-state index is 0.733. The van der Waals surface area contributed by atoms with E-state index in [4.69, 9.17) is 0 Å². The number of aryl methyl sites for hydroxylation is 2. The van der Waals surface area contributed by atoms with Gasteiger partial charge in [0.2, 0.25) is 0 Å². The molecule has 0 fully saturated rings. The summed E-state index contributed by atoms with van der Waals surface area (Å²) in [6.45, 7) is 2.75. The van der Waals surface area contributed by atoms with Crippen molar-refractivity contribution in [1.82, 2.24) is 14.8 Å². The highest BCUT2D eigenvalue weighted by Crippen LogP contribution is 2.19. The van der Waals surface area contributed by atoms with E-state index in [0.717, 1.165) is 23.6 Å². The Hall–Kier alpha value is -2.62. The largest absolute Gasteiger partial charge is 0.366 e. The fraction of sp³-hybridized carbons (Fsp3) is 0.176. The first-order valence-corrected chi connectivity index (χ1v) is 6.97. The number of benzene rings is 1. The van der Waals surface area contributed by atoms with Crippen molar-refractivity contribution in [1.29, 1.82) is 0 Å². The van der Waals surface area contributed by atoms with Crippen LogP contribution in [0.25, 0.3) is 11.1 Å². The fourth-order valence-electron chi connectivity index (χ4n) is 2.31. The molecule has 4 nitrogen and oxygen atoms in total. The van der Waals surface area contributed by atoms with Crippen molar-refractivity contribution in [2.75, 3.05) is 5.32 Å². The van der Waals surface area contributed by atoms with Crippen molar-refractivity contribution in [3.8, 4) is 11.1 Å². The zero-order chi connectivity index (χ0) is 14.7. The zero-order valence-corrected chi connectivity index (χ0v) is 12.2. The lowest BCUT2D eigenvalue weighted by molar-refractivity contribution is 0.756. The summed E-state index contributed by atoms with van der Waals surface area (Å²) in [7, 11) is 1.93. The number of hydrogen-bond donors (Lipinski definition) is 1. The minimum atomic E-state index is 0.733. The molecule has 21 heavy (non-hydrogen) atoms. The molecule has 0 unspecified atom stereocenters. The first-order chi connectivity index (χ1) is 10.2. The van der Waals surface area contributed by atoms with E-state index in [1.54, 1.807) is 0 Å². The summed E-state index contributed by atoms with van der Waals surface area (Å²) in [6, 6.07) is 14.4. The molecule has 0 radical (unpaired) electrons. The number of anilines is 1. The van der Waals surface area contributed by atoms with Gasteiger partial charge in [-0.05, 0) is 24.6 Å². The standard InChI is InChI=1S/C17H18N4/c1-13-16(12-21(2)20-13)11-19-17-9-8-15(10-18-17)14-6-4-3-5-7-14/h3-10,12H,11H2,1-2H3,(H,18,19). The van der Waals surface area contributed by atoms with E-state index in [2.05, 4.69) is 33.6 Å². The van der Waals surface area contributed by atoms with Gasteiger partial charge in [0.25, 0.3) is 0 Å². The molecule has 1 N–H and O–H groups in total. The molecule has 2 aromatic heterocycles. The molecule has 106 valence electrons. The molecule has 4 heteroatoms. The summed E-state index contributed by atoms with van der Waals surface area (Å²) < 4.78 is 1.83. The normalized spacial score (nSPS) is 10.6. The number of hydrogen-bond acceptors (Lipinski definition) is 3. The van der Waals surface area contributed by atoms with E-state index in [-0.39, 0.29) is 0 Å². The Bertz CT molecular complexity index is 714. The van der Waals surface area contributed by atoms with Gasteiger partial charge in [0.1, 0.15) is 5.82 Å². The Balaban J connectivity index is 1.69. The van der Waals surface area contributed by atoms with Gasteiger partial charge in [-0.25, -0.2) is 4.98 Å². The molecule has 0 spiro atoms. The van der Waals surface area contributed by atoms with Crippen LogP contribution in [-0.4, -0.2) is 14.8 Å². The van der Waals surface area contributed by atoms with Crippen molar-refractivity contribution < 1.29 is 0 Å². The van der Waals surface area contributed by atoms with Crippen LogP contribution in [0.1, 0.15) is 11.3 Å². The maximum atomic E-state index is 4.47. The lowest BCUT2D eigenvalue weighted by Gasteiger charge is -2.06. The molecule has 0 aliphatic rings. The van der Waals surface area contributed by atoms with Crippen molar-refractivity contribution in [3.63, 3.8) is 0 Å². The number of pyridine rings is 1. The second-order valence-electron chi connectivity index (χ2n) is 5.07. The molecule has 3 rings (SSSR count). The highest BCUT2D eigenvalue weighted by molar-refractivity contribution is 5.63. The topological polar surface area (TPSA) is 42.7 Å². The van der Waals surface area contributed by atoms with Crippen LogP contribution in [0.4, 0.5) is 5.82 Å². The first kappa shape index (κ1) is 13.4. The Morgan fingerprint density at radius 1 is 1.05 bits per heavy atom. The highest BCUT2D eigenvalue weighted by atomic mass is 15.3. The van der Waals surface area contributed by atoms with Crippen molar-refractivity contribution in [2.45, 2.75) is 13.5 Å². The lowest BCUT2D eigenvalue weighted by Crippen LogP contribution is -2.01. The van der Waals surface area contributed by atoms with Gasteiger partial charge in [0.15, 0.2) is 0 Å². The number of rotatable bonds is 4. The van der Waals surface area contributed by atoms with Crippen LogP contribution in [0.3, 0.4) is 0 Å². The molecule has 0 bridgehead atoms. The molecule has 0 atom stereocenters. The van der Waals surface area contributed by atoms with E-state index < -0.39 is 0 Å². The summed E-state index contributed by atoms with van der Waals surface area (Å²) in [4.78, 5) is 4.47. The van der Waals surface area contributed by atoms with Gasteiger partial charge in [-0.15, -0.1) is 0 Å². The Kier molecular flexibility index (Phi) is 3.69. The molecule has 0 aliphatic heterocycles. The minimum Gasteiger partial charge on any atom is -0.366 e. The molecule has 3 aromatic rings. The van der Waals surface area contributed by atoms with Gasteiger partial charge >= 0.3 is 0 Å². The van der Waals surface area contributed by atoms with E-state index in [1.165, 1.54) is 11.1 Å². The van der Waals surface area contributed by atoms with Gasteiger partial charge in [0, 0.05) is 37.1 Å². The maximum Gasteiger partial charge on any atom is 0.126 e. The third kappa shape index (κ3) is 3.11. The third-order valence-electron chi connectivity index (χ3n) is 3.45. The monoisotopic (exact) mass is 278 g/mol. The first-order valence-electron chi connectivity index (χ1n) is 6.97. The predicted molar refractivity (Wildman–Crippen MR) is 84.9 cm³/mol. The van der Waals surface area contributed by atoms with Gasteiger partial charge in [0.05, 0.1) is 5.69 Å². The van der Waals surface area contributed by atoms with Gasteiger partial charge in [-0.3, -0.25) is 4.68 Å². The summed E-state index contributed by atoms with van der Waals surface area (Å²) in [6.07, 6.45) is 3.93. The highest BCUT2D eigenvalue weighted by Gasteiger charge is 2.03. The Morgan fingerprint density at radius 3 is 2.48 bits per heavy atom. The van der Waals surface area contributed by atoms with Crippen molar-refractivity contribution >= 4 is 5.82 Å². The van der Waals surface area contributed by atoms with Crippen LogP contribution in [0, 0.1) is 6.92 Å². The molecular formula is C17H18N4. The second-order valence-corrected chi connectivity index (χ2v) is 5.07. The van der Waals surface area contributed by atoms with Crippen LogP contribution in [0.2, 0.25) is 0 Å². The molecule has 2 heterocycles. The van der Waals surface area contributed by atoms with Crippen LogP contribution in [0.15, 0.2) is 54.9 Å². The summed E-state index contributed by atoms with van der Waals surface area (Å²) in [5.41, 5.74) is 4.54. The van der Waals surface area contributed by atoms with Crippen LogP contribution >= 0.6 is 0 Å². The maximum absolute atomic E-state index is 4.47. The fourth-order valence-corrected chi connectivity index (χ4v) is 2.31. The number of aromatic nitrogens is 3. The molecule has 0 saturated carbocycles. The van der Waals surface area contributed by atoms with Crippen LogP contribution in [0.5, 0.6) is 0 Å².